The number of carbonyl (C=O) groups excluding carboxylic acids is 1. The average molecular weight is 429 g/mol. The molecule has 2 fully saturated rings. The second kappa shape index (κ2) is 7.93. The summed E-state index contributed by atoms with van der Waals surface area (Å²) in [6.45, 7) is 6.17. The lowest BCUT2D eigenvalue weighted by molar-refractivity contribution is -0.438. The van der Waals surface area contributed by atoms with Crippen LogP contribution < -0.4 is 5.32 Å². The minimum Gasteiger partial charge on any atom is -0.396 e. The van der Waals surface area contributed by atoms with E-state index in [1.807, 2.05) is 19.2 Å². The van der Waals surface area contributed by atoms with Crippen LogP contribution in [0.1, 0.15) is 40.5 Å². The van der Waals surface area contributed by atoms with Gasteiger partial charge >= 0.3 is 12.1 Å². The highest BCUT2D eigenvalue weighted by molar-refractivity contribution is 5.82. The number of fused-ring (bicyclic) bond motifs is 1. The zero-order valence-electron chi connectivity index (χ0n) is 16.9. The number of alkyl halides is 3. The molecule has 1 heterocycles. The molecule has 29 heavy (non-hydrogen) atoms. The number of rotatable bonds is 8. The van der Waals surface area contributed by atoms with E-state index in [0.717, 1.165) is 0 Å². The zero-order chi connectivity index (χ0) is 22.4. The molecule has 170 valence electrons. The van der Waals surface area contributed by atoms with Gasteiger partial charge in [0, 0.05) is 5.54 Å². The monoisotopic (exact) mass is 429 g/mol. The van der Waals surface area contributed by atoms with E-state index in [1.54, 1.807) is 0 Å². The van der Waals surface area contributed by atoms with E-state index in [2.05, 4.69) is 0 Å². The van der Waals surface area contributed by atoms with Gasteiger partial charge in [0.1, 0.15) is 0 Å². The summed E-state index contributed by atoms with van der Waals surface area (Å²) in [5, 5.41) is 41.6. The summed E-state index contributed by atoms with van der Waals surface area (Å²) in [5.74, 6) is -5.82. The number of nitrogens with one attached hydrogen (secondary N) is 1. The average Bonchev–Trinajstić information content (AvgIpc) is 2.65. The Kier molecular flexibility index (Phi) is 6.65. The largest absolute Gasteiger partial charge is 0.471 e. The molecule has 8 nitrogen and oxygen atoms in total. The van der Waals surface area contributed by atoms with Crippen molar-refractivity contribution in [1.82, 2.24) is 5.32 Å². The van der Waals surface area contributed by atoms with Gasteiger partial charge in [-0.1, -0.05) is 13.8 Å². The number of hydrogen-bond acceptors (Lipinski definition) is 7. The maximum atomic E-state index is 12.5. The Morgan fingerprint density at radius 1 is 1.17 bits per heavy atom. The first-order valence-corrected chi connectivity index (χ1v) is 9.42. The Hall–Kier alpha value is -0.980. The molecule has 6 unspecified atom stereocenters. The molecule has 2 rings (SSSR count). The van der Waals surface area contributed by atoms with Gasteiger partial charge in [0.25, 0.3) is 0 Å². The third-order valence-electron chi connectivity index (χ3n) is 5.62. The Balaban J connectivity index is 1.85. The van der Waals surface area contributed by atoms with Crippen LogP contribution in [0, 0.1) is 17.3 Å². The van der Waals surface area contributed by atoms with Gasteiger partial charge in [-0.25, -0.2) is 0 Å². The van der Waals surface area contributed by atoms with Gasteiger partial charge in [0.15, 0.2) is 12.1 Å². The molecule has 5 N–H and O–H groups in total. The third-order valence-corrected chi connectivity index (χ3v) is 5.62. The van der Waals surface area contributed by atoms with Crippen LogP contribution >= 0.6 is 0 Å². The first-order chi connectivity index (χ1) is 13.0. The molecule has 0 aromatic heterocycles. The van der Waals surface area contributed by atoms with Crippen molar-refractivity contribution < 1.29 is 47.9 Å². The van der Waals surface area contributed by atoms with Gasteiger partial charge < -0.3 is 35.2 Å². The van der Waals surface area contributed by atoms with Crippen LogP contribution in [-0.4, -0.2) is 75.5 Å². The van der Waals surface area contributed by atoms with Crippen molar-refractivity contribution in [3.63, 3.8) is 0 Å². The van der Waals surface area contributed by atoms with Gasteiger partial charge in [-0.3, -0.25) is 4.79 Å². The number of aliphatic hydroxyl groups is 4. The molecule has 0 aromatic rings. The fraction of sp³-hybridized carbons (Fsp3) is 0.944. The van der Waals surface area contributed by atoms with Crippen LogP contribution in [0.25, 0.3) is 0 Å². The number of ether oxygens (including phenoxy) is 2. The van der Waals surface area contributed by atoms with Crippen molar-refractivity contribution >= 4 is 5.91 Å². The summed E-state index contributed by atoms with van der Waals surface area (Å²) in [6, 6.07) is 0. The van der Waals surface area contributed by atoms with Crippen LogP contribution in [0.5, 0.6) is 0 Å². The van der Waals surface area contributed by atoms with Gasteiger partial charge in [-0.15, -0.1) is 0 Å². The summed E-state index contributed by atoms with van der Waals surface area (Å²) in [5.41, 5.74) is -1.62. The van der Waals surface area contributed by atoms with Gasteiger partial charge in [-0.2, -0.15) is 13.2 Å². The van der Waals surface area contributed by atoms with E-state index >= 15 is 0 Å². The molecule has 11 heteroatoms. The fourth-order valence-corrected chi connectivity index (χ4v) is 4.43. The number of carbonyl (C=O) groups is 1. The minimum atomic E-state index is -4.96. The predicted octanol–water partition coefficient (Wildman–Crippen LogP) is 0.271. The van der Waals surface area contributed by atoms with Crippen molar-refractivity contribution in [3.05, 3.63) is 0 Å². The van der Waals surface area contributed by atoms with Gasteiger partial charge in [0.05, 0.1) is 37.3 Å². The standard InChI is InChI=1S/C18H30F3NO7/c1-15(2,8-16(3,4)22-14(26)18(19,20)21)5-6-28-13-10-12(25)11(24)9(7-23)17(10,27)29-13/h9-13,23-25,27H,5-8H2,1-4H3,(H,22,26). The lowest BCUT2D eigenvalue weighted by atomic mass is 9.78. The fourth-order valence-electron chi connectivity index (χ4n) is 4.43. The van der Waals surface area contributed by atoms with Crippen LogP contribution in [0.15, 0.2) is 0 Å². The van der Waals surface area contributed by atoms with Crippen molar-refractivity contribution in [2.75, 3.05) is 13.2 Å². The van der Waals surface area contributed by atoms with E-state index in [1.165, 1.54) is 13.8 Å². The topological polar surface area (TPSA) is 128 Å². The molecule has 1 saturated heterocycles. The van der Waals surface area contributed by atoms with E-state index in [9.17, 15) is 38.4 Å². The molecule has 0 spiro atoms. The predicted molar refractivity (Wildman–Crippen MR) is 93.1 cm³/mol. The Morgan fingerprint density at radius 3 is 2.28 bits per heavy atom. The minimum absolute atomic E-state index is 0.111. The van der Waals surface area contributed by atoms with Crippen LogP contribution in [0.2, 0.25) is 0 Å². The number of halogens is 3. The number of aliphatic hydroxyl groups excluding tert-OH is 3. The lowest BCUT2D eigenvalue weighted by Gasteiger charge is -2.49. The maximum absolute atomic E-state index is 12.5. The summed E-state index contributed by atoms with van der Waals surface area (Å²) >= 11 is 0. The highest BCUT2D eigenvalue weighted by Gasteiger charge is 2.71. The number of amides is 1. The van der Waals surface area contributed by atoms with Crippen LogP contribution in [0.4, 0.5) is 13.2 Å². The first kappa shape index (κ1) is 24.3. The molecule has 1 aliphatic carbocycles. The first-order valence-electron chi connectivity index (χ1n) is 9.42. The Bertz CT molecular complexity index is 613. The molecule has 1 amide bonds. The lowest BCUT2D eigenvalue weighted by Crippen LogP contribution is -2.63. The van der Waals surface area contributed by atoms with E-state index < -0.39 is 65.8 Å². The highest BCUT2D eigenvalue weighted by atomic mass is 19.4. The SMILES string of the molecule is CC(C)(CCOC1OC2(O)C(CO)C(O)C(O)C12)CC(C)(C)NC(=O)C(F)(F)F. The Morgan fingerprint density at radius 2 is 1.76 bits per heavy atom. The second-order valence-corrected chi connectivity index (χ2v) is 9.33. The van der Waals surface area contributed by atoms with Gasteiger partial charge in [-0.05, 0) is 32.1 Å². The number of hydrogen-bond donors (Lipinski definition) is 5. The van der Waals surface area contributed by atoms with Crippen molar-refractivity contribution in [2.24, 2.45) is 17.3 Å². The quantitative estimate of drug-likeness (QED) is 0.375. The molecular formula is C18H30F3NO7. The second-order valence-electron chi connectivity index (χ2n) is 9.33. The third kappa shape index (κ3) is 5.02. The molecule has 2 aliphatic rings. The van der Waals surface area contributed by atoms with E-state index in [-0.39, 0.29) is 13.0 Å². The zero-order valence-corrected chi connectivity index (χ0v) is 16.9. The molecule has 6 atom stereocenters. The smallest absolute Gasteiger partial charge is 0.396 e. The van der Waals surface area contributed by atoms with Crippen molar-refractivity contribution in [2.45, 2.75) is 76.5 Å². The van der Waals surface area contributed by atoms with Crippen molar-refractivity contribution in [3.8, 4) is 0 Å². The van der Waals surface area contributed by atoms with Gasteiger partial charge in [0.2, 0.25) is 0 Å². The summed E-state index contributed by atoms with van der Waals surface area (Å²) in [4.78, 5) is 11.2. The van der Waals surface area contributed by atoms with Crippen LogP contribution in [0.3, 0.4) is 0 Å². The molecule has 0 aromatic carbocycles. The molecular weight excluding hydrogens is 399 g/mol. The van der Waals surface area contributed by atoms with Crippen molar-refractivity contribution in [1.29, 1.82) is 0 Å². The van der Waals surface area contributed by atoms with E-state index in [4.69, 9.17) is 9.47 Å². The Labute approximate surface area is 167 Å². The van der Waals surface area contributed by atoms with E-state index in [0.29, 0.717) is 6.42 Å². The van der Waals surface area contributed by atoms with Crippen LogP contribution in [-0.2, 0) is 14.3 Å². The summed E-state index contributed by atoms with van der Waals surface area (Å²) in [7, 11) is 0. The summed E-state index contributed by atoms with van der Waals surface area (Å²) < 4.78 is 48.3. The molecule has 1 aliphatic heterocycles. The molecule has 0 radical (unpaired) electrons. The molecule has 1 saturated carbocycles. The highest BCUT2D eigenvalue weighted by Crippen LogP contribution is 2.53. The summed E-state index contributed by atoms with van der Waals surface area (Å²) in [6.07, 6.45) is -7.97. The molecule has 0 bridgehead atoms. The maximum Gasteiger partial charge on any atom is 0.471 e. The normalized spacial score (nSPS) is 35.2.